The van der Waals surface area contributed by atoms with Gasteiger partial charge in [-0.15, -0.1) is 0 Å². The van der Waals surface area contributed by atoms with Crippen LogP contribution in [0.1, 0.15) is 24.3 Å². The van der Waals surface area contributed by atoms with Crippen LogP contribution in [0.25, 0.3) is 0 Å². The van der Waals surface area contributed by atoms with Crippen LogP contribution in [0.15, 0.2) is 51.6 Å². The number of phenolic OH excluding ortho intramolecular Hbond substituents is 1. The van der Waals surface area contributed by atoms with Gasteiger partial charge >= 0.3 is 0 Å². The highest BCUT2D eigenvalue weighted by molar-refractivity contribution is 9.12. The fourth-order valence-corrected chi connectivity index (χ4v) is 5.82. The number of imide groups is 1. The number of hydrogen-bond donors (Lipinski definition) is 2. The number of allylic oxidation sites excluding steroid dienone is 6. The van der Waals surface area contributed by atoms with Crippen molar-refractivity contribution >= 4 is 39.3 Å². The van der Waals surface area contributed by atoms with Gasteiger partial charge in [0.25, 0.3) is 0 Å². The second kappa shape index (κ2) is 7.02. The maximum Gasteiger partial charge on any atom is 0.231 e. The van der Waals surface area contributed by atoms with Gasteiger partial charge in [-0.05, 0) is 52.4 Å². The molecule has 1 heterocycles. The van der Waals surface area contributed by atoms with Gasteiger partial charge < -0.3 is 9.84 Å². The molecule has 2 amide bonds. The number of fused-ring (bicyclic) bond motifs is 3. The molecule has 2 N–H and O–H groups in total. The average molecular weight is 484 g/mol. The Morgan fingerprint density at radius 3 is 2.65 bits per heavy atom. The molecule has 1 saturated heterocycles. The highest BCUT2D eigenvalue weighted by atomic mass is 79.9. The molecule has 1 aromatic carbocycles. The van der Waals surface area contributed by atoms with E-state index in [2.05, 4.69) is 21.2 Å². The summed E-state index contributed by atoms with van der Waals surface area (Å²) in [5, 5.41) is 12.5. The summed E-state index contributed by atoms with van der Waals surface area (Å²) in [6.07, 6.45) is 3.83. The van der Waals surface area contributed by atoms with Gasteiger partial charge in [0.2, 0.25) is 11.8 Å². The van der Waals surface area contributed by atoms with Crippen molar-refractivity contribution in [1.29, 1.82) is 0 Å². The minimum absolute atomic E-state index is 0.0417. The lowest BCUT2D eigenvalue weighted by molar-refractivity contribution is -0.126. The van der Waals surface area contributed by atoms with Gasteiger partial charge in [-0.1, -0.05) is 17.7 Å². The molecule has 0 radical (unpaired) electrons. The van der Waals surface area contributed by atoms with Gasteiger partial charge in [-0.3, -0.25) is 24.5 Å². The van der Waals surface area contributed by atoms with E-state index in [9.17, 15) is 24.3 Å². The monoisotopic (exact) mass is 483 g/mol. The van der Waals surface area contributed by atoms with Crippen molar-refractivity contribution in [1.82, 2.24) is 5.32 Å². The predicted molar refractivity (Wildman–Crippen MR) is 112 cm³/mol. The van der Waals surface area contributed by atoms with E-state index in [1.54, 1.807) is 12.1 Å². The van der Waals surface area contributed by atoms with E-state index in [1.165, 1.54) is 19.3 Å². The number of hydrogen-bond acceptors (Lipinski definition) is 6. The van der Waals surface area contributed by atoms with Crippen LogP contribution in [-0.2, 0) is 19.2 Å². The molecule has 31 heavy (non-hydrogen) atoms. The van der Waals surface area contributed by atoms with Crippen molar-refractivity contribution in [3.63, 3.8) is 0 Å². The third-order valence-electron chi connectivity index (χ3n) is 6.71. The standard InChI is InChI=1S/C23H18BrNO6/c1-31-17-6-9(2-5-15(17)26)18-10-3-4-11-19(23(30)25-22(11)29)12(10)7-13-20(18)16(27)8-14(24)21(13)28/h2-3,5-6,8,11-12,18-19,26H,4,7H2,1H3,(H,25,29,30)/t11-,12+,18-,19-/m0/s1. The van der Waals surface area contributed by atoms with Gasteiger partial charge in [0, 0.05) is 23.1 Å². The highest BCUT2D eigenvalue weighted by Crippen LogP contribution is 2.54. The van der Waals surface area contributed by atoms with Crippen molar-refractivity contribution in [3.05, 3.63) is 57.1 Å². The molecular weight excluding hydrogens is 466 g/mol. The molecule has 1 fully saturated rings. The van der Waals surface area contributed by atoms with E-state index >= 15 is 0 Å². The number of aromatic hydroxyl groups is 1. The lowest BCUT2D eigenvalue weighted by Crippen LogP contribution is -2.39. The first-order valence-corrected chi connectivity index (χ1v) is 10.7. The zero-order chi connectivity index (χ0) is 22.0. The molecule has 7 nitrogen and oxygen atoms in total. The molecule has 1 aliphatic heterocycles. The first-order valence-electron chi connectivity index (χ1n) is 9.92. The average Bonchev–Trinajstić information content (AvgIpc) is 3.05. The number of phenols is 1. The summed E-state index contributed by atoms with van der Waals surface area (Å²) in [7, 11) is 1.43. The summed E-state index contributed by atoms with van der Waals surface area (Å²) in [5.74, 6) is -2.95. The number of amides is 2. The van der Waals surface area contributed by atoms with E-state index in [0.29, 0.717) is 23.1 Å². The van der Waals surface area contributed by atoms with Crippen molar-refractivity contribution in [2.45, 2.75) is 18.8 Å². The largest absolute Gasteiger partial charge is 0.504 e. The molecule has 0 spiro atoms. The first-order chi connectivity index (χ1) is 14.8. The number of Topliss-reactive ketones (excluding diaryl/α,β-unsaturated/α-hetero) is 1. The number of carbonyl (C=O) groups excluding carboxylic acids is 4. The Bertz CT molecular complexity index is 1180. The summed E-state index contributed by atoms with van der Waals surface area (Å²) in [4.78, 5) is 50.9. The second-order valence-corrected chi connectivity index (χ2v) is 9.03. The molecule has 8 heteroatoms. The molecule has 3 aliphatic carbocycles. The number of methoxy groups -OCH3 is 1. The van der Waals surface area contributed by atoms with Crippen LogP contribution in [0.4, 0.5) is 0 Å². The summed E-state index contributed by atoms with van der Waals surface area (Å²) >= 11 is 3.19. The molecule has 0 unspecified atom stereocenters. The molecule has 0 bridgehead atoms. The predicted octanol–water partition coefficient (Wildman–Crippen LogP) is 2.45. The summed E-state index contributed by atoms with van der Waals surface area (Å²) in [5.41, 5.74) is 2.28. The zero-order valence-corrected chi connectivity index (χ0v) is 18.1. The molecule has 5 rings (SSSR count). The van der Waals surface area contributed by atoms with Crippen molar-refractivity contribution in [3.8, 4) is 11.5 Å². The molecule has 0 saturated carbocycles. The molecule has 4 aliphatic rings. The quantitative estimate of drug-likeness (QED) is 0.379. The van der Waals surface area contributed by atoms with E-state index < -0.39 is 17.8 Å². The Morgan fingerprint density at radius 2 is 1.90 bits per heavy atom. The van der Waals surface area contributed by atoms with Crippen LogP contribution in [0, 0.1) is 17.8 Å². The maximum absolute atomic E-state index is 13.1. The Hall–Kier alpha value is -3.00. The van der Waals surface area contributed by atoms with Crippen molar-refractivity contribution in [2.24, 2.45) is 17.8 Å². The van der Waals surface area contributed by atoms with Crippen LogP contribution in [0.5, 0.6) is 11.5 Å². The van der Waals surface area contributed by atoms with E-state index in [4.69, 9.17) is 4.74 Å². The highest BCUT2D eigenvalue weighted by Gasteiger charge is 2.53. The Labute approximate surface area is 186 Å². The van der Waals surface area contributed by atoms with Crippen LogP contribution < -0.4 is 10.1 Å². The van der Waals surface area contributed by atoms with Gasteiger partial charge in [-0.2, -0.15) is 0 Å². The number of halogens is 1. The number of benzene rings is 1. The Kier molecular flexibility index (Phi) is 4.51. The van der Waals surface area contributed by atoms with Crippen LogP contribution >= 0.6 is 15.9 Å². The zero-order valence-electron chi connectivity index (χ0n) is 16.5. The summed E-state index contributed by atoms with van der Waals surface area (Å²) in [6.45, 7) is 0. The third-order valence-corrected chi connectivity index (χ3v) is 7.30. The lowest BCUT2D eigenvalue weighted by atomic mass is 9.59. The van der Waals surface area contributed by atoms with Crippen molar-refractivity contribution in [2.75, 3.05) is 7.11 Å². The lowest BCUT2D eigenvalue weighted by Gasteiger charge is -2.42. The minimum atomic E-state index is -0.573. The van der Waals surface area contributed by atoms with E-state index in [1.807, 2.05) is 6.08 Å². The number of ether oxygens (including phenoxy) is 1. The smallest absolute Gasteiger partial charge is 0.231 e. The van der Waals surface area contributed by atoms with Crippen LogP contribution in [0.3, 0.4) is 0 Å². The minimum Gasteiger partial charge on any atom is -0.504 e. The number of nitrogens with one attached hydrogen (secondary N) is 1. The number of rotatable bonds is 2. The summed E-state index contributed by atoms with van der Waals surface area (Å²) < 4.78 is 5.43. The van der Waals surface area contributed by atoms with Crippen LogP contribution in [-0.4, -0.2) is 35.6 Å². The van der Waals surface area contributed by atoms with Gasteiger partial charge in [0.1, 0.15) is 0 Å². The molecular formula is C23H18BrNO6. The van der Waals surface area contributed by atoms with E-state index in [-0.39, 0.29) is 51.7 Å². The fourth-order valence-electron chi connectivity index (χ4n) is 5.37. The van der Waals surface area contributed by atoms with Gasteiger partial charge in [0.05, 0.1) is 23.4 Å². The Morgan fingerprint density at radius 1 is 1.13 bits per heavy atom. The topological polar surface area (TPSA) is 110 Å². The normalized spacial score (nSPS) is 29.6. The maximum atomic E-state index is 13.1. The SMILES string of the molecule is COc1cc([C@H]2C3=CC[C@@H]4C(=O)NC(=O)[C@@H]4[C@@H]3CC3=C2C(=O)C=C(Br)C3=O)ccc1O. The second-order valence-electron chi connectivity index (χ2n) is 8.18. The third kappa shape index (κ3) is 2.85. The molecule has 1 aromatic rings. The van der Waals surface area contributed by atoms with Crippen LogP contribution in [0.2, 0.25) is 0 Å². The Balaban J connectivity index is 1.72. The van der Waals surface area contributed by atoms with Gasteiger partial charge in [0.15, 0.2) is 23.1 Å². The molecule has 4 atom stereocenters. The molecule has 158 valence electrons. The van der Waals surface area contributed by atoms with E-state index in [0.717, 1.165) is 5.57 Å². The molecule has 0 aromatic heterocycles. The fraction of sp³-hybridized carbons (Fsp3) is 0.304. The summed E-state index contributed by atoms with van der Waals surface area (Å²) in [6, 6.07) is 4.81. The first kappa shape index (κ1) is 19.9. The number of ketones is 2. The van der Waals surface area contributed by atoms with Gasteiger partial charge in [-0.25, -0.2) is 0 Å². The number of carbonyl (C=O) groups is 4. The van der Waals surface area contributed by atoms with Crippen molar-refractivity contribution < 1.29 is 29.0 Å².